The van der Waals surface area contributed by atoms with E-state index < -0.39 is 20.0 Å². The van der Waals surface area contributed by atoms with Crippen molar-refractivity contribution in [2.75, 3.05) is 32.5 Å². The third-order valence-corrected chi connectivity index (χ3v) is 9.09. The van der Waals surface area contributed by atoms with E-state index >= 15 is 0 Å². The fourth-order valence-electron chi connectivity index (χ4n) is 3.41. The number of benzene rings is 2. The summed E-state index contributed by atoms with van der Waals surface area (Å²) in [6.45, 7) is 2.40. The summed E-state index contributed by atoms with van der Waals surface area (Å²) in [5.74, 6) is -0.592. The van der Waals surface area contributed by atoms with Crippen LogP contribution >= 0.6 is 0 Å². The second-order valence-electron chi connectivity index (χ2n) is 7.80. The Hall–Kier alpha value is -2.27. The minimum absolute atomic E-state index is 0.0920. The number of piperidine rings is 1. The molecule has 8 nitrogen and oxygen atoms in total. The molecule has 168 valence electrons. The fourth-order valence-corrected chi connectivity index (χ4v) is 5.82. The van der Waals surface area contributed by atoms with Gasteiger partial charge in [0.15, 0.2) is 0 Å². The number of hydrogen-bond acceptors (Lipinski definition) is 5. The highest BCUT2D eigenvalue weighted by Crippen LogP contribution is 2.26. The molecule has 0 bridgehead atoms. The largest absolute Gasteiger partial charge is 0.326 e. The maximum atomic E-state index is 12.8. The molecule has 0 atom stereocenters. The first-order chi connectivity index (χ1) is 14.5. The summed E-state index contributed by atoms with van der Waals surface area (Å²) in [5, 5.41) is 2.76. The van der Waals surface area contributed by atoms with Crippen molar-refractivity contribution < 1.29 is 21.6 Å². The molecule has 1 heterocycles. The van der Waals surface area contributed by atoms with Gasteiger partial charge in [0.1, 0.15) is 0 Å². The van der Waals surface area contributed by atoms with E-state index in [9.17, 15) is 21.6 Å². The van der Waals surface area contributed by atoms with Gasteiger partial charge in [-0.3, -0.25) is 4.79 Å². The Morgan fingerprint density at radius 1 is 0.968 bits per heavy atom. The number of hydrogen-bond donors (Lipinski definition) is 1. The van der Waals surface area contributed by atoms with Gasteiger partial charge in [0.05, 0.1) is 9.79 Å². The first kappa shape index (κ1) is 23.4. The zero-order valence-electron chi connectivity index (χ0n) is 17.8. The number of sulfonamides is 2. The van der Waals surface area contributed by atoms with Gasteiger partial charge >= 0.3 is 0 Å². The van der Waals surface area contributed by atoms with Gasteiger partial charge in [-0.15, -0.1) is 0 Å². The second-order valence-corrected chi connectivity index (χ2v) is 11.9. The van der Waals surface area contributed by atoms with E-state index in [2.05, 4.69) is 5.32 Å². The third kappa shape index (κ3) is 5.15. The van der Waals surface area contributed by atoms with Crippen molar-refractivity contribution in [2.45, 2.75) is 29.6 Å². The maximum absolute atomic E-state index is 12.8. The number of nitrogens with zero attached hydrogens (tertiary/aromatic N) is 2. The van der Waals surface area contributed by atoms with Crippen LogP contribution in [0.3, 0.4) is 0 Å². The lowest BCUT2D eigenvalue weighted by atomic mass is 9.97. The van der Waals surface area contributed by atoms with E-state index in [1.807, 2.05) is 6.92 Å². The molecule has 0 saturated carbocycles. The molecule has 1 N–H and O–H groups in total. The number of amides is 1. The van der Waals surface area contributed by atoms with Crippen LogP contribution in [-0.4, -0.2) is 58.5 Å². The van der Waals surface area contributed by atoms with Crippen molar-refractivity contribution in [1.82, 2.24) is 8.61 Å². The molecule has 10 heteroatoms. The van der Waals surface area contributed by atoms with Crippen LogP contribution in [0.4, 0.5) is 5.69 Å². The summed E-state index contributed by atoms with van der Waals surface area (Å²) in [7, 11) is -4.30. The monoisotopic (exact) mass is 465 g/mol. The summed E-state index contributed by atoms with van der Waals surface area (Å²) >= 11 is 0. The molecule has 0 aromatic heterocycles. The molecule has 0 aliphatic carbocycles. The molecular weight excluding hydrogens is 438 g/mol. The highest BCUT2D eigenvalue weighted by Gasteiger charge is 2.32. The molecule has 1 aliphatic heterocycles. The normalized spacial score (nSPS) is 16.4. The standard InChI is InChI=1S/C21H27N3O5S2/c1-16-7-9-19(10-8-16)31(28,29)24-13-11-17(12-14-24)21(25)22-18-5-4-6-20(15-18)30(26,27)23(2)3/h4-10,15,17H,11-14H2,1-3H3,(H,22,25). The first-order valence-electron chi connectivity index (χ1n) is 9.92. The number of carbonyl (C=O) groups excluding carboxylic acids is 1. The zero-order valence-corrected chi connectivity index (χ0v) is 19.4. The molecule has 1 fully saturated rings. The van der Waals surface area contributed by atoms with Crippen LogP contribution in [0, 0.1) is 12.8 Å². The van der Waals surface area contributed by atoms with Crippen molar-refractivity contribution in [3.63, 3.8) is 0 Å². The predicted octanol–water partition coefficient (Wildman–Crippen LogP) is 2.28. The molecule has 2 aromatic rings. The number of anilines is 1. The van der Waals surface area contributed by atoms with Gasteiger partial charge in [0.2, 0.25) is 26.0 Å². The van der Waals surface area contributed by atoms with Crippen LogP contribution in [0.2, 0.25) is 0 Å². The third-order valence-electron chi connectivity index (χ3n) is 5.36. The van der Waals surface area contributed by atoms with Crippen molar-refractivity contribution in [3.8, 4) is 0 Å². The van der Waals surface area contributed by atoms with E-state index in [-0.39, 0.29) is 34.7 Å². The molecule has 0 unspecified atom stereocenters. The van der Waals surface area contributed by atoms with Gasteiger partial charge in [-0.25, -0.2) is 21.1 Å². The first-order valence-corrected chi connectivity index (χ1v) is 12.8. The van der Waals surface area contributed by atoms with Gasteiger partial charge in [-0.05, 0) is 50.1 Å². The van der Waals surface area contributed by atoms with Crippen LogP contribution in [0.25, 0.3) is 0 Å². The van der Waals surface area contributed by atoms with E-state index in [1.54, 1.807) is 36.4 Å². The smallest absolute Gasteiger partial charge is 0.243 e. The SMILES string of the molecule is Cc1ccc(S(=O)(=O)N2CCC(C(=O)Nc3cccc(S(=O)(=O)N(C)C)c3)CC2)cc1. The average Bonchev–Trinajstić information content (AvgIpc) is 2.74. The Bertz CT molecular complexity index is 1150. The van der Waals surface area contributed by atoms with E-state index in [1.165, 1.54) is 30.5 Å². The van der Waals surface area contributed by atoms with Crippen LogP contribution < -0.4 is 5.32 Å². The second kappa shape index (κ2) is 9.07. The molecule has 0 spiro atoms. The minimum Gasteiger partial charge on any atom is -0.326 e. The molecule has 1 saturated heterocycles. The summed E-state index contributed by atoms with van der Waals surface area (Å²) in [6.07, 6.45) is 0.791. The van der Waals surface area contributed by atoms with Crippen molar-refractivity contribution in [3.05, 3.63) is 54.1 Å². The Balaban J connectivity index is 1.64. The lowest BCUT2D eigenvalue weighted by Crippen LogP contribution is -2.41. The molecule has 0 radical (unpaired) electrons. The predicted molar refractivity (Wildman–Crippen MR) is 119 cm³/mol. The molecule has 1 aliphatic rings. The van der Waals surface area contributed by atoms with Crippen LogP contribution in [0.5, 0.6) is 0 Å². The topological polar surface area (TPSA) is 104 Å². The minimum atomic E-state index is -3.60. The zero-order chi connectivity index (χ0) is 22.8. The Labute approximate surface area is 184 Å². The van der Waals surface area contributed by atoms with Gasteiger partial charge in [0, 0.05) is 38.8 Å². The molecule has 1 amide bonds. The Morgan fingerprint density at radius 3 is 2.16 bits per heavy atom. The quantitative estimate of drug-likeness (QED) is 0.705. The van der Waals surface area contributed by atoms with Gasteiger partial charge in [0.25, 0.3) is 0 Å². The van der Waals surface area contributed by atoms with Gasteiger partial charge < -0.3 is 5.32 Å². The van der Waals surface area contributed by atoms with Gasteiger partial charge in [-0.1, -0.05) is 23.8 Å². The highest BCUT2D eigenvalue weighted by atomic mass is 32.2. The van der Waals surface area contributed by atoms with Crippen LogP contribution in [0.15, 0.2) is 58.3 Å². The van der Waals surface area contributed by atoms with E-state index in [0.717, 1.165) is 9.87 Å². The lowest BCUT2D eigenvalue weighted by molar-refractivity contribution is -0.120. The van der Waals surface area contributed by atoms with Crippen molar-refractivity contribution >= 4 is 31.6 Å². The molecule has 31 heavy (non-hydrogen) atoms. The fraction of sp³-hybridized carbons (Fsp3) is 0.381. The lowest BCUT2D eigenvalue weighted by Gasteiger charge is -2.30. The molecule has 3 rings (SSSR count). The number of carbonyl (C=O) groups is 1. The number of aryl methyl sites for hydroxylation is 1. The van der Waals surface area contributed by atoms with E-state index in [4.69, 9.17) is 0 Å². The Morgan fingerprint density at radius 2 is 1.58 bits per heavy atom. The van der Waals surface area contributed by atoms with E-state index in [0.29, 0.717) is 18.5 Å². The van der Waals surface area contributed by atoms with Crippen molar-refractivity contribution in [1.29, 1.82) is 0 Å². The summed E-state index contributed by atoms with van der Waals surface area (Å²) in [4.78, 5) is 13.0. The highest BCUT2D eigenvalue weighted by molar-refractivity contribution is 7.89. The van der Waals surface area contributed by atoms with Crippen LogP contribution in [-0.2, 0) is 24.8 Å². The van der Waals surface area contributed by atoms with Gasteiger partial charge in [-0.2, -0.15) is 4.31 Å². The van der Waals surface area contributed by atoms with Crippen LogP contribution in [0.1, 0.15) is 18.4 Å². The summed E-state index contributed by atoms with van der Waals surface area (Å²) in [5.41, 5.74) is 1.37. The average molecular weight is 466 g/mol. The number of nitrogens with one attached hydrogen (secondary N) is 1. The molecular formula is C21H27N3O5S2. The summed E-state index contributed by atoms with van der Waals surface area (Å²) < 4.78 is 52.7. The maximum Gasteiger partial charge on any atom is 0.243 e. The number of rotatable bonds is 6. The molecule has 2 aromatic carbocycles. The summed E-state index contributed by atoms with van der Waals surface area (Å²) in [6, 6.07) is 12.8. The Kier molecular flexibility index (Phi) is 6.85. The van der Waals surface area contributed by atoms with Crippen molar-refractivity contribution in [2.24, 2.45) is 5.92 Å².